The number of amides is 2. The van der Waals surface area contributed by atoms with Crippen LogP contribution in [0.15, 0.2) is 89.0 Å². The number of likely N-dealkylation sites (tertiary alicyclic amines) is 2. The summed E-state index contributed by atoms with van der Waals surface area (Å²) in [6.45, 7) is 12.6. The molecule has 6 aromatic rings. The number of hydrogen-bond acceptors (Lipinski definition) is 17. The Morgan fingerprint density at radius 3 is 2.39 bits per heavy atom. The third-order valence-electron chi connectivity index (χ3n) is 16.5. The number of ether oxygens (including phenoxy) is 1. The molecule has 2 amide bonds. The number of halogens is 1. The van der Waals surface area contributed by atoms with Gasteiger partial charge >= 0.3 is 0 Å². The minimum absolute atomic E-state index is 0.0564. The van der Waals surface area contributed by atoms with E-state index in [1.807, 2.05) is 93.9 Å². The number of β-amino-alcohol motifs (C(OH)–C–C–N with tert-alkyl or cyclic N) is 1. The minimum atomic E-state index is -1.17. The minimum Gasteiger partial charge on any atom is -0.507 e. The van der Waals surface area contributed by atoms with Gasteiger partial charge in [0, 0.05) is 100 Å². The Hall–Kier alpha value is -6.90. The lowest BCUT2D eigenvalue weighted by atomic mass is 9.91. The monoisotopic (exact) mass is 1070 g/mol. The van der Waals surface area contributed by atoms with Gasteiger partial charge in [0.25, 0.3) is 0 Å². The molecule has 0 saturated carbocycles. The second-order valence-corrected chi connectivity index (χ2v) is 22.9. The van der Waals surface area contributed by atoms with E-state index < -0.39 is 30.3 Å². The fourth-order valence-electron chi connectivity index (χ4n) is 12.4. The molecule has 20 heteroatoms. The van der Waals surface area contributed by atoms with Gasteiger partial charge in [-0.15, -0.1) is 21.5 Å². The zero-order valence-electron chi connectivity index (χ0n) is 44.1. The van der Waals surface area contributed by atoms with Crippen molar-refractivity contribution in [3.63, 3.8) is 0 Å². The fraction of sp³-hybridized carbons (Fsp3) is 0.491. The number of nitrogens with two attached hydrogens (primary N) is 1. The first-order valence-electron chi connectivity index (χ1n) is 27.2. The number of piperazine rings is 1. The van der Waals surface area contributed by atoms with E-state index in [1.54, 1.807) is 29.7 Å². The van der Waals surface area contributed by atoms with Crippen LogP contribution in [-0.2, 0) is 9.59 Å². The molecular formula is C57H69FN12O6S. The van der Waals surface area contributed by atoms with Gasteiger partial charge in [0.1, 0.15) is 30.0 Å². The number of para-hydroxylation sites is 1. The molecule has 0 spiro atoms. The first-order chi connectivity index (χ1) is 37.2. The van der Waals surface area contributed by atoms with E-state index in [0.29, 0.717) is 53.4 Å². The number of nitrogens with one attached hydrogen (secondary N) is 1. The van der Waals surface area contributed by atoms with Crippen LogP contribution in [0.3, 0.4) is 0 Å². The van der Waals surface area contributed by atoms with Crippen molar-refractivity contribution in [1.82, 2.24) is 40.4 Å². The van der Waals surface area contributed by atoms with E-state index in [-0.39, 0.29) is 54.6 Å². The normalized spacial score (nSPS) is 23.9. The lowest BCUT2D eigenvalue weighted by molar-refractivity contribution is -0.141. The van der Waals surface area contributed by atoms with Gasteiger partial charge in [-0.1, -0.05) is 55.4 Å². The highest BCUT2D eigenvalue weighted by molar-refractivity contribution is 7.13. The molecule has 0 aliphatic carbocycles. The van der Waals surface area contributed by atoms with Crippen molar-refractivity contribution in [1.29, 1.82) is 0 Å². The number of aromatic nitrogens is 5. The van der Waals surface area contributed by atoms with Crippen LogP contribution in [0.5, 0.6) is 11.6 Å². The molecule has 4 aromatic heterocycles. The van der Waals surface area contributed by atoms with Crippen LogP contribution in [0, 0.1) is 18.8 Å². The van der Waals surface area contributed by atoms with Crippen molar-refractivity contribution in [2.24, 2.45) is 11.8 Å². The Balaban J connectivity index is 0.647. The number of phenolic OH excluding ortho intramolecular Hbond substituents is 1. The molecule has 2 bridgehead atoms. The Morgan fingerprint density at radius 1 is 0.909 bits per heavy atom. The zero-order valence-corrected chi connectivity index (χ0v) is 44.9. The van der Waals surface area contributed by atoms with Crippen molar-refractivity contribution in [3.8, 4) is 33.3 Å². The van der Waals surface area contributed by atoms with Crippen LogP contribution in [-0.4, -0.2) is 146 Å². The summed E-state index contributed by atoms with van der Waals surface area (Å²) < 4.78 is 28.3. The average Bonchev–Trinajstić information content (AvgIpc) is 4.31. The summed E-state index contributed by atoms with van der Waals surface area (Å²) in [7, 11) is 0. The van der Waals surface area contributed by atoms with Gasteiger partial charge in [0.05, 0.1) is 39.6 Å². The van der Waals surface area contributed by atoms with E-state index in [2.05, 4.69) is 50.2 Å². The number of anilines is 4. The van der Waals surface area contributed by atoms with Crippen molar-refractivity contribution in [3.05, 3.63) is 102 Å². The highest BCUT2D eigenvalue weighted by Crippen LogP contribution is 2.41. The Labute approximate surface area is 452 Å². The first-order valence-corrected chi connectivity index (χ1v) is 28.1. The molecule has 406 valence electrons. The standard InChI is InChI=1S/C57H69FN12O6S/c1-33(2)53(57(74)69-30-42(71)24-47(69)56(73)62-34(3)37-9-11-38(12-10-37)54-35(4)61-32-77-54)50-26-51(65-76-50)67-21-16-36(17-22-67)27-66-20-18-49(44(58)31-66)75-52-23-39(15-19-60-52)70-40-13-14-41(70)29-68(28-40)46-25-45(63-64-55(46)59)43-7-5-6-8-48(43)72/h5-12,15,19,23,25-26,32-34,36,40-42,44,47,49,53,71-72H,13-14,16-18,20-22,24,27-31H2,1-4H3,(H2,59,64)(H,62,73)/t34-,40?,41?,42+,44-,47-,49-,53+/m0/s1. The van der Waals surface area contributed by atoms with Gasteiger partial charge in [-0.2, -0.15) is 0 Å². The van der Waals surface area contributed by atoms with Crippen LogP contribution in [0.4, 0.5) is 27.4 Å². The van der Waals surface area contributed by atoms with Gasteiger partial charge < -0.3 is 50.1 Å². The number of carbonyl (C=O) groups is 2. The number of phenols is 1. The molecular weight excluding hydrogens is 1000 g/mol. The molecule has 77 heavy (non-hydrogen) atoms. The summed E-state index contributed by atoms with van der Waals surface area (Å²) in [4.78, 5) is 48.9. The summed E-state index contributed by atoms with van der Waals surface area (Å²) in [5.74, 6) is 0.961. The smallest absolute Gasteiger partial charge is 0.243 e. The number of pyridine rings is 1. The summed E-state index contributed by atoms with van der Waals surface area (Å²) in [6.07, 6.45) is 3.70. The van der Waals surface area contributed by atoms with Crippen LogP contribution in [0.1, 0.15) is 88.3 Å². The molecule has 0 radical (unpaired) electrons. The fourth-order valence-corrected chi connectivity index (χ4v) is 13.2. The molecule has 2 aromatic carbocycles. The topological polar surface area (TPSA) is 216 Å². The number of aryl methyl sites for hydroxylation is 1. The summed E-state index contributed by atoms with van der Waals surface area (Å²) in [5, 5.41) is 37.3. The van der Waals surface area contributed by atoms with Gasteiger partial charge in [-0.3, -0.25) is 14.5 Å². The predicted molar refractivity (Wildman–Crippen MR) is 294 cm³/mol. The number of thiazole rings is 1. The van der Waals surface area contributed by atoms with Gasteiger partial charge in [0.15, 0.2) is 17.4 Å². The number of alkyl halides is 1. The van der Waals surface area contributed by atoms with E-state index in [0.717, 1.165) is 98.0 Å². The number of aromatic hydroxyl groups is 1. The number of fused-ring (bicyclic) bond motifs is 2. The summed E-state index contributed by atoms with van der Waals surface area (Å²) in [5.41, 5.74) is 14.2. The van der Waals surface area contributed by atoms with Crippen LogP contribution in [0.25, 0.3) is 21.7 Å². The number of rotatable bonds is 15. The van der Waals surface area contributed by atoms with Crippen LogP contribution >= 0.6 is 11.3 Å². The van der Waals surface area contributed by atoms with Crippen molar-refractivity contribution >= 4 is 46.2 Å². The number of carbonyl (C=O) groups excluding carboxylic acids is 2. The number of aliphatic hydroxyl groups excluding tert-OH is 1. The molecule has 5 N–H and O–H groups in total. The molecule has 8 atom stereocenters. The second kappa shape index (κ2) is 22.2. The lowest BCUT2D eigenvalue weighted by Gasteiger charge is -2.43. The molecule has 5 aliphatic heterocycles. The molecule has 18 nitrogen and oxygen atoms in total. The third kappa shape index (κ3) is 11.0. The van der Waals surface area contributed by atoms with Gasteiger partial charge in [0.2, 0.25) is 17.7 Å². The predicted octanol–water partition coefficient (Wildman–Crippen LogP) is 7.39. The van der Waals surface area contributed by atoms with E-state index in [4.69, 9.17) is 15.0 Å². The van der Waals surface area contributed by atoms with E-state index in [9.17, 15) is 19.8 Å². The Kier molecular flexibility index (Phi) is 15.1. The summed E-state index contributed by atoms with van der Waals surface area (Å²) >= 11 is 1.59. The van der Waals surface area contributed by atoms with Crippen LogP contribution < -0.4 is 30.5 Å². The lowest BCUT2D eigenvalue weighted by Crippen LogP contribution is -2.54. The molecule has 5 aliphatic rings. The van der Waals surface area contributed by atoms with E-state index >= 15 is 4.39 Å². The molecule has 5 saturated heterocycles. The average molecular weight is 1070 g/mol. The molecule has 5 fully saturated rings. The van der Waals surface area contributed by atoms with Gasteiger partial charge in [-0.25, -0.2) is 14.4 Å². The Bertz CT molecular complexity index is 3030. The number of piperidine rings is 2. The number of nitrogen functional groups attached to an aromatic ring is 1. The molecule has 9 heterocycles. The maximum absolute atomic E-state index is 16.0. The van der Waals surface area contributed by atoms with E-state index in [1.165, 1.54) is 4.90 Å². The molecule has 2 unspecified atom stereocenters. The third-order valence-corrected chi connectivity index (χ3v) is 17.5. The summed E-state index contributed by atoms with van der Waals surface area (Å²) in [6, 6.07) is 22.1. The quantitative estimate of drug-likeness (QED) is 0.0789. The van der Waals surface area contributed by atoms with Crippen LogP contribution in [0.2, 0.25) is 0 Å². The maximum atomic E-state index is 16.0. The number of nitrogens with zero attached hydrogens (tertiary/aromatic N) is 10. The largest absolute Gasteiger partial charge is 0.507 e. The highest BCUT2D eigenvalue weighted by atomic mass is 32.1. The number of hydrogen-bond donors (Lipinski definition) is 4. The first kappa shape index (κ1) is 52.2. The number of aliphatic hydroxyl groups is 1. The number of benzene rings is 2. The maximum Gasteiger partial charge on any atom is 0.243 e. The van der Waals surface area contributed by atoms with Crippen molar-refractivity contribution in [2.75, 3.05) is 72.8 Å². The highest BCUT2D eigenvalue weighted by Gasteiger charge is 2.45. The van der Waals surface area contributed by atoms with Crippen molar-refractivity contribution in [2.45, 2.75) is 115 Å². The second-order valence-electron chi connectivity index (χ2n) is 22.0. The van der Waals surface area contributed by atoms with Crippen molar-refractivity contribution < 1.29 is 33.5 Å². The van der Waals surface area contributed by atoms with Gasteiger partial charge in [-0.05, 0) is 93.2 Å². The SMILES string of the molecule is Cc1ncsc1-c1ccc([C@H](C)NC(=O)[C@@H]2C[C@@H](O)CN2C(=O)[C@@H](c2cc(N3CCC(CN4CC[C@H](Oc5cc(N6C7CCC6CN(c6cc(-c8ccccc8O)nnc6N)C7)ccn5)[C@@H](F)C4)CC3)no2)C(C)C)cc1. The molecule has 11 rings (SSSR count). The zero-order chi connectivity index (χ0) is 53.5. The Morgan fingerprint density at radius 2 is 1.68 bits per heavy atom.